The summed E-state index contributed by atoms with van der Waals surface area (Å²) in [6.07, 6.45) is 1.67. The standard InChI is InChI=1S/C19H23N3O5S2/c1-28(24,25)21-11-12-22(17(14-21)13-15-5-3-2-4-6-15)19(23)16-7-9-18(10-8-16)29(20,26)27/h2-10,17H,11-14H2,1H3,(H2,20,26,27)/t17-/m1/s1. The minimum Gasteiger partial charge on any atom is -0.333 e. The van der Waals surface area contributed by atoms with Crippen LogP contribution < -0.4 is 5.14 Å². The molecule has 0 aliphatic carbocycles. The van der Waals surface area contributed by atoms with Crippen molar-refractivity contribution in [3.8, 4) is 0 Å². The summed E-state index contributed by atoms with van der Waals surface area (Å²) in [5, 5.41) is 5.10. The maximum Gasteiger partial charge on any atom is 0.254 e. The first-order valence-electron chi connectivity index (χ1n) is 8.98. The van der Waals surface area contributed by atoms with Gasteiger partial charge in [-0.25, -0.2) is 22.0 Å². The zero-order chi connectivity index (χ0) is 21.2. The number of primary sulfonamides is 1. The van der Waals surface area contributed by atoms with Crippen molar-refractivity contribution in [3.05, 3.63) is 65.7 Å². The Kier molecular flexibility index (Phi) is 6.08. The molecule has 2 aromatic carbocycles. The summed E-state index contributed by atoms with van der Waals surface area (Å²) in [7, 11) is -7.22. The van der Waals surface area contributed by atoms with Gasteiger partial charge in [0.05, 0.1) is 11.2 Å². The van der Waals surface area contributed by atoms with Crippen LogP contribution in [0.25, 0.3) is 0 Å². The number of sulfonamides is 2. The van der Waals surface area contributed by atoms with Crippen LogP contribution in [0.2, 0.25) is 0 Å². The maximum atomic E-state index is 13.1. The van der Waals surface area contributed by atoms with Crippen molar-refractivity contribution < 1.29 is 21.6 Å². The normalized spacial score (nSPS) is 18.6. The Balaban J connectivity index is 1.87. The van der Waals surface area contributed by atoms with Crippen molar-refractivity contribution in [2.45, 2.75) is 17.4 Å². The van der Waals surface area contributed by atoms with Gasteiger partial charge in [-0.15, -0.1) is 0 Å². The molecule has 1 amide bonds. The van der Waals surface area contributed by atoms with E-state index in [4.69, 9.17) is 5.14 Å². The lowest BCUT2D eigenvalue weighted by atomic mass is 10.0. The molecule has 0 radical (unpaired) electrons. The topological polar surface area (TPSA) is 118 Å². The fourth-order valence-electron chi connectivity index (χ4n) is 3.41. The Labute approximate surface area is 171 Å². The van der Waals surface area contributed by atoms with Gasteiger partial charge >= 0.3 is 0 Å². The molecule has 156 valence electrons. The molecule has 1 heterocycles. The van der Waals surface area contributed by atoms with E-state index >= 15 is 0 Å². The number of amides is 1. The largest absolute Gasteiger partial charge is 0.333 e. The van der Waals surface area contributed by atoms with E-state index in [0.717, 1.165) is 11.8 Å². The van der Waals surface area contributed by atoms with E-state index in [1.807, 2.05) is 30.3 Å². The third-order valence-electron chi connectivity index (χ3n) is 4.92. The minimum atomic E-state index is -3.84. The fourth-order valence-corrected chi connectivity index (χ4v) is 4.78. The number of rotatable bonds is 5. The predicted molar refractivity (Wildman–Crippen MR) is 109 cm³/mol. The summed E-state index contributed by atoms with van der Waals surface area (Å²) in [4.78, 5) is 14.7. The van der Waals surface area contributed by atoms with Crippen LogP contribution in [-0.4, -0.2) is 63.9 Å². The summed E-state index contributed by atoms with van der Waals surface area (Å²) in [6, 6.07) is 14.6. The number of carbonyl (C=O) groups excluding carboxylic acids is 1. The molecule has 1 aliphatic rings. The van der Waals surface area contributed by atoms with Crippen LogP contribution in [0.1, 0.15) is 15.9 Å². The summed E-state index contributed by atoms with van der Waals surface area (Å²) in [5.74, 6) is -0.278. The van der Waals surface area contributed by atoms with E-state index in [2.05, 4.69) is 0 Å². The number of carbonyl (C=O) groups is 1. The second-order valence-corrected chi connectivity index (χ2v) is 10.6. The Hall–Kier alpha value is -2.27. The molecular weight excluding hydrogens is 414 g/mol. The lowest BCUT2D eigenvalue weighted by Crippen LogP contribution is -2.57. The Bertz CT molecular complexity index is 1080. The molecule has 1 atom stereocenters. The van der Waals surface area contributed by atoms with Crippen LogP contribution in [-0.2, 0) is 26.5 Å². The average molecular weight is 438 g/mol. The lowest BCUT2D eigenvalue weighted by Gasteiger charge is -2.40. The van der Waals surface area contributed by atoms with Crippen LogP contribution >= 0.6 is 0 Å². The smallest absolute Gasteiger partial charge is 0.254 e. The zero-order valence-electron chi connectivity index (χ0n) is 15.9. The van der Waals surface area contributed by atoms with E-state index in [0.29, 0.717) is 12.0 Å². The van der Waals surface area contributed by atoms with Crippen LogP contribution in [0.15, 0.2) is 59.5 Å². The molecule has 0 unspecified atom stereocenters. The number of hydrogen-bond acceptors (Lipinski definition) is 5. The van der Waals surface area contributed by atoms with Crippen LogP contribution in [0.4, 0.5) is 0 Å². The van der Waals surface area contributed by atoms with Gasteiger partial charge in [0, 0.05) is 31.2 Å². The molecule has 1 saturated heterocycles. The molecule has 8 nitrogen and oxygen atoms in total. The monoisotopic (exact) mass is 437 g/mol. The summed E-state index contributed by atoms with van der Waals surface area (Å²) in [6.45, 7) is 0.667. The third kappa shape index (κ3) is 5.21. The second-order valence-electron chi connectivity index (χ2n) is 7.03. The van der Waals surface area contributed by atoms with Gasteiger partial charge in [-0.2, -0.15) is 4.31 Å². The van der Waals surface area contributed by atoms with Gasteiger partial charge in [0.15, 0.2) is 0 Å². The molecule has 1 fully saturated rings. The minimum absolute atomic E-state index is 0.0724. The van der Waals surface area contributed by atoms with Gasteiger partial charge in [0.2, 0.25) is 20.0 Å². The SMILES string of the molecule is CS(=O)(=O)N1CCN(C(=O)c2ccc(S(N)(=O)=O)cc2)[C@H](Cc2ccccc2)C1. The third-order valence-corrected chi connectivity index (χ3v) is 7.12. The van der Waals surface area contributed by atoms with Gasteiger partial charge in [-0.05, 0) is 36.2 Å². The molecule has 0 spiro atoms. The van der Waals surface area contributed by atoms with Crippen molar-refractivity contribution in [3.63, 3.8) is 0 Å². The number of nitrogens with zero attached hydrogens (tertiary/aromatic N) is 2. The highest BCUT2D eigenvalue weighted by atomic mass is 32.2. The molecule has 0 bridgehead atoms. The first-order valence-corrected chi connectivity index (χ1v) is 12.4. The van der Waals surface area contributed by atoms with Gasteiger partial charge in [0.1, 0.15) is 0 Å². The highest BCUT2D eigenvalue weighted by Gasteiger charge is 2.34. The van der Waals surface area contributed by atoms with E-state index in [1.54, 1.807) is 4.90 Å². The molecule has 3 rings (SSSR count). The highest BCUT2D eigenvalue weighted by molar-refractivity contribution is 7.89. The molecule has 29 heavy (non-hydrogen) atoms. The molecule has 10 heteroatoms. The lowest BCUT2D eigenvalue weighted by molar-refractivity contribution is 0.0565. The fraction of sp³-hybridized carbons (Fsp3) is 0.316. The Morgan fingerprint density at radius 3 is 2.17 bits per heavy atom. The quantitative estimate of drug-likeness (QED) is 0.737. The number of hydrogen-bond donors (Lipinski definition) is 1. The van der Waals surface area contributed by atoms with Crippen molar-refractivity contribution in [1.82, 2.24) is 9.21 Å². The Morgan fingerprint density at radius 1 is 1.00 bits per heavy atom. The Morgan fingerprint density at radius 2 is 1.62 bits per heavy atom. The molecule has 2 N–H and O–H groups in total. The summed E-state index contributed by atoms with van der Waals surface area (Å²) < 4.78 is 48.3. The maximum absolute atomic E-state index is 13.1. The van der Waals surface area contributed by atoms with E-state index in [1.165, 1.54) is 28.6 Å². The second kappa shape index (κ2) is 8.23. The van der Waals surface area contributed by atoms with Gasteiger partial charge < -0.3 is 4.90 Å². The number of nitrogens with two attached hydrogens (primary N) is 1. The molecule has 0 saturated carbocycles. The van der Waals surface area contributed by atoms with Crippen molar-refractivity contribution in [1.29, 1.82) is 0 Å². The van der Waals surface area contributed by atoms with Crippen LogP contribution in [0.5, 0.6) is 0 Å². The van der Waals surface area contributed by atoms with E-state index < -0.39 is 20.0 Å². The van der Waals surface area contributed by atoms with Gasteiger partial charge in [-0.3, -0.25) is 4.79 Å². The highest BCUT2D eigenvalue weighted by Crippen LogP contribution is 2.20. The molecule has 1 aliphatic heterocycles. The van der Waals surface area contributed by atoms with Crippen molar-refractivity contribution in [2.75, 3.05) is 25.9 Å². The van der Waals surface area contributed by atoms with Gasteiger partial charge in [0.25, 0.3) is 5.91 Å². The van der Waals surface area contributed by atoms with E-state index in [-0.39, 0.29) is 36.5 Å². The van der Waals surface area contributed by atoms with Gasteiger partial charge in [-0.1, -0.05) is 30.3 Å². The molecule has 0 aromatic heterocycles. The first kappa shape index (κ1) is 21.4. The summed E-state index contributed by atoms with van der Waals surface area (Å²) >= 11 is 0. The average Bonchev–Trinajstić information content (AvgIpc) is 2.67. The number of piperazine rings is 1. The van der Waals surface area contributed by atoms with Crippen molar-refractivity contribution >= 4 is 26.0 Å². The molecular formula is C19H23N3O5S2. The molecule has 2 aromatic rings. The van der Waals surface area contributed by atoms with Crippen LogP contribution in [0, 0.1) is 0 Å². The number of benzene rings is 2. The van der Waals surface area contributed by atoms with E-state index in [9.17, 15) is 21.6 Å². The first-order chi connectivity index (χ1) is 13.6. The zero-order valence-corrected chi connectivity index (χ0v) is 17.6. The van der Waals surface area contributed by atoms with Crippen molar-refractivity contribution in [2.24, 2.45) is 5.14 Å². The van der Waals surface area contributed by atoms with Crippen LogP contribution in [0.3, 0.4) is 0 Å². The summed E-state index contributed by atoms with van der Waals surface area (Å²) in [5.41, 5.74) is 1.32. The predicted octanol–water partition coefficient (Wildman–Crippen LogP) is 0.663.